The number of amides is 1. The van der Waals surface area contributed by atoms with Crippen molar-refractivity contribution in [2.75, 3.05) is 19.6 Å². The SMILES string of the molecule is CC(=O)C1CNCCN1NC(=O)c1ccc(F)cc1.O. The number of ketones is 1. The van der Waals surface area contributed by atoms with Crippen LogP contribution in [0.2, 0.25) is 0 Å². The lowest BCUT2D eigenvalue weighted by Crippen LogP contribution is -2.60. The average Bonchev–Trinajstić information content (AvgIpc) is 2.39. The Morgan fingerprint density at radius 1 is 1.35 bits per heavy atom. The molecular weight excluding hydrogens is 265 g/mol. The molecule has 0 radical (unpaired) electrons. The molecule has 110 valence electrons. The lowest BCUT2D eigenvalue weighted by Gasteiger charge is -2.34. The van der Waals surface area contributed by atoms with Crippen LogP contribution in [0.4, 0.5) is 4.39 Å². The topological polar surface area (TPSA) is 92.9 Å². The summed E-state index contributed by atoms with van der Waals surface area (Å²) in [6.07, 6.45) is 0. The smallest absolute Gasteiger partial charge is 0.265 e. The molecule has 0 saturated carbocycles. The Hall–Kier alpha value is -1.83. The number of carbonyl (C=O) groups excluding carboxylic acids is 2. The van der Waals surface area contributed by atoms with Crippen LogP contribution in [0, 0.1) is 5.82 Å². The van der Waals surface area contributed by atoms with Crippen LogP contribution in [0.5, 0.6) is 0 Å². The molecule has 20 heavy (non-hydrogen) atoms. The maximum Gasteiger partial charge on any atom is 0.265 e. The molecule has 1 amide bonds. The van der Waals surface area contributed by atoms with Crippen molar-refractivity contribution in [2.45, 2.75) is 13.0 Å². The van der Waals surface area contributed by atoms with Gasteiger partial charge in [-0.3, -0.25) is 15.0 Å². The van der Waals surface area contributed by atoms with E-state index in [1.165, 1.54) is 31.2 Å². The number of Topliss-reactive ketones (excluding diaryl/α,β-unsaturated/α-hetero) is 1. The monoisotopic (exact) mass is 283 g/mol. The molecule has 1 aromatic rings. The molecule has 0 aliphatic carbocycles. The molecule has 1 unspecified atom stereocenters. The molecule has 1 aromatic carbocycles. The van der Waals surface area contributed by atoms with Gasteiger partial charge in [0.25, 0.3) is 5.91 Å². The van der Waals surface area contributed by atoms with Crippen molar-refractivity contribution in [2.24, 2.45) is 0 Å². The molecule has 1 saturated heterocycles. The predicted octanol–water partition coefficient (Wildman–Crippen LogP) is -0.491. The molecule has 1 heterocycles. The highest BCUT2D eigenvalue weighted by atomic mass is 19.1. The van der Waals surface area contributed by atoms with E-state index in [0.29, 0.717) is 25.2 Å². The van der Waals surface area contributed by atoms with Gasteiger partial charge in [0, 0.05) is 25.2 Å². The lowest BCUT2D eigenvalue weighted by molar-refractivity contribution is -0.123. The van der Waals surface area contributed by atoms with E-state index in [4.69, 9.17) is 0 Å². The number of halogens is 1. The van der Waals surface area contributed by atoms with Gasteiger partial charge in [-0.15, -0.1) is 0 Å². The van der Waals surface area contributed by atoms with E-state index in [9.17, 15) is 14.0 Å². The van der Waals surface area contributed by atoms with Gasteiger partial charge in [-0.2, -0.15) is 0 Å². The highest BCUT2D eigenvalue weighted by Gasteiger charge is 2.27. The molecular formula is C13H18FN3O3. The fourth-order valence-electron chi connectivity index (χ4n) is 2.00. The zero-order valence-electron chi connectivity index (χ0n) is 11.1. The van der Waals surface area contributed by atoms with Crippen LogP contribution in [0.1, 0.15) is 17.3 Å². The summed E-state index contributed by atoms with van der Waals surface area (Å²) in [5.74, 6) is -0.736. The summed E-state index contributed by atoms with van der Waals surface area (Å²) in [4.78, 5) is 23.5. The largest absolute Gasteiger partial charge is 0.412 e. The Kier molecular flexibility index (Phi) is 5.75. The van der Waals surface area contributed by atoms with Crippen molar-refractivity contribution in [3.63, 3.8) is 0 Å². The summed E-state index contributed by atoms with van der Waals surface area (Å²) >= 11 is 0. The van der Waals surface area contributed by atoms with Crippen LogP contribution in [0.25, 0.3) is 0 Å². The van der Waals surface area contributed by atoms with Crippen LogP contribution >= 0.6 is 0 Å². The molecule has 1 aliphatic heterocycles. The first-order valence-electron chi connectivity index (χ1n) is 6.12. The highest BCUT2D eigenvalue weighted by Crippen LogP contribution is 2.05. The lowest BCUT2D eigenvalue weighted by atomic mass is 10.1. The van der Waals surface area contributed by atoms with Gasteiger partial charge in [0.2, 0.25) is 0 Å². The molecule has 0 aromatic heterocycles. The summed E-state index contributed by atoms with van der Waals surface area (Å²) in [6.45, 7) is 3.26. The van der Waals surface area contributed by atoms with Crippen molar-refractivity contribution in [3.05, 3.63) is 35.6 Å². The molecule has 4 N–H and O–H groups in total. The number of benzene rings is 1. The molecule has 6 nitrogen and oxygen atoms in total. The number of hydrazine groups is 1. The van der Waals surface area contributed by atoms with Gasteiger partial charge in [0.1, 0.15) is 11.6 Å². The second-order valence-corrected chi connectivity index (χ2v) is 4.47. The molecule has 1 aliphatic rings. The fourth-order valence-corrected chi connectivity index (χ4v) is 2.00. The van der Waals surface area contributed by atoms with Gasteiger partial charge >= 0.3 is 0 Å². The summed E-state index contributed by atoms with van der Waals surface area (Å²) in [7, 11) is 0. The average molecular weight is 283 g/mol. The van der Waals surface area contributed by atoms with Crippen molar-refractivity contribution in [3.8, 4) is 0 Å². The van der Waals surface area contributed by atoms with Gasteiger partial charge < -0.3 is 10.8 Å². The number of piperazine rings is 1. The zero-order valence-corrected chi connectivity index (χ0v) is 11.1. The Labute approximate surface area is 116 Å². The molecule has 7 heteroatoms. The van der Waals surface area contributed by atoms with Crippen molar-refractivity contribution < 1.29 is 19.5 Å². The van der Waals surface area contributed by atoms with Crippen molar-refractivity contribution in [1.29, 1.82) is 0 Å². The van der Waals surface area contributed by atoms with Crippen LogP contribution < -0.4 is 10.7 Å². The Morgan fingerprint density at radius 2 is 2.00 bits per heavy atom. The van der Waals surface area contributed by atoms with Gasteiger partial charge in [0.15, 0.2) is 0 Å². The van der Waals surface area contributed by atoms with Crippen molar-refractivity contribution in [1.82, 2.24) is 15.8 Å². The Morgan fingerprint density at radius 3 is 2.60 bits per heavy atom. The minimum Gasteiger partial charge on any atom is -0.412 e. The fraction of sp³-hybridized carbons (Fsp3) is 0.385. The number of nitrogens with one attached hydrogen (secondary N) is 2. The standard InChI is InChI=1S/C13H16FN3O2.H2O/c1-9(18)12-8-15-6-7-17(12)16-13(19)10-2-4-11(14)5-3-10;/h2-5,12,15H,6-8H2,1H3,(H,16,19);1H2. The van der Waals surface area contributed by atoms with Crippen LogP contribution in [-0.2, 0) is 4.79 Å². The Bertz CT molecular complexity index is 478. The quantitative estimate of drug-likeness (QED) is 0.782. The van der Waals surface area contributed by atoms with Gasteiger partial charge in [0.05, 0.1) is 6.04 Å². The van der Waals surface area contributed by atoms with E-state index in [0.717, 1.165) is 0 Å². The minimum absolute atomic E-state index is 0. The third-order valence-corrected chi connectivity index (χ3v) is 3.06. The summed E-state index contributed by atoms with van der Waals surface area (Å²) in [5.41, 5.74) is 3.06. The molecule has 1 atom stereocenters. The van der Waals surface area contributed by atoms with E-state index >= 15 is 0 Å². The van der Waals surface area contributed by atoms with Gasteiger partial charge in [-0.05, 0) is 31.2 Å². The molecule has 1 fully saturated rings. The first kappa shape index (κ1) is 16.2. The third-order valence-electron chi connectivity index (χ3n) is 3.06. The highest BCUT2D eigenvalue weighted by molar-refractivity contribution is 5.94. The maximum absolute atomic E-state index is 12.8. The van der Waals surface area contributed by atoms with E-state index in [-0.39, 0.29) is 29.0 Å². The van der Waals surface area contributed by atoms with Crippen LogP contribution in [-0.4, -0.2) is 47.9 Å². The minimum atomic E-state index is -0.389. The summed E-state index contributed by atoms with van der Waals surface area (Å²) < 4.78 is 12.8. The zero-order chi connectivity index (χ0) is 13.8. The summed E-state index contributed by atoms with van der Waals surface area (Å²) in [6, 6.07) is 4.92. The molecule has 0 spiro atoms. The number of carbonyl (C=O) groups is 2. The number of hydrogen-bond acceptors (Lipinski definition) is 4. The van der Waals surface area contributed by atoms with Crippen molar-refractivity contribution >= 4 is 11.7 Å². The Balaban J connectivity index is 0.00000200. The maximum atomic E-state index is 12.8. The molecule has 2 rings (SSSR count). The number of hydrogen-bond donors (Lipinski definition) is 2. The van der Waals surface area contributed by atoms with Gasteiger partial charge in [-0.1, -0.05) is 0 Å². The van der Waals surface area contributed by atoms with E-state index in [1.54, 1.807) is 5.01 Å². The molecule has 0 bridgehead atoms. The van der Waals surface area contributed by atoms with Crippen LogP contribution in [0.15, 0.2) is 24.3 Å². The van der Waals surface area contributed by atoms with Crippen LogP contribution in [0.3, 0.4) is 0 Å². The third kappa shape index (κ3) is 3.83. The first-order chi connectivity index (χ1) is 9.08. The first-order valence-corrected chi connectivity index (χ1v) is 6.12. The van der Waals surface area contributed by atoms with Gasteiger partial charge in [-0.25, -0.2) is 9.40 Å². The van der Waals surface area contributed by atoms with E-state index < -0.39 is 0 Å². The number of nitrogens with zero attached hydrogens (tertiary/aromatic N) is 1. The normalized spacial score (nSPS) is 19.0. The van der Waals surface area contributed by atoms with E-state index in [2.05, 4.69) is 10.7 Å². The second kappa shape index (κ2) is 7.09. The predicted molar refractivity (Wildman–Crippen MR) is 71.5 cm³/mol. The summed E-state index contributed by atoms with van der Waals surface area (Å²) in [5, 5.41) is 4.73. The van der Waals surface area contributed by atoms with E-state index in [1.807, 2.05) is 0 Å². The second-order valence-electron chi connectivity index (χ2n) is 4.47. The number of rotatable bonds is 3.